The smallest absolute Gasteiger partial charge is 0.143 e. The molecule has 0 saturated carbocycles. The van der Waals surface area contributed by atoms with Gasteiger partial charge >= 0.3 is 0 Å². The zero-order chi connectivity index (χ0) is 34.9. The first-order valence-corrected chi connectivity index (χ1v) is 18.0. The van der Waals surface area contributed by atoms with E-state index in [2.05, 4.69) is 181 Å². The van der Waals surface area contributed by atoms with E-state index in [9.17, 15) is 0 Å². The molecule has 3 nitrogen and oxygen atoms in total. The first-order chi connectivity index (χ1) is 26.2. The van der Waals surface area contributed by atoms with Gasteiger partial charge in [-0.1, -0.05) is 121 Å². The van der Waals surface area contributed by atoms with E-state index in [-0.39, 0.29) is 0 Å². The van der Waals surface area contributed by atoms with Gasteiger partial charge in [0.1, 0.15) is 22.3 Å². The first kappa shape index (κ1) is 29.6. The summed E-state index contributed by atoms with van der Waals surface area (Å²) < 4.78 is 12.9. The van der Waals surface area contributed by atoms with Crippen molar-refractivity contribution in [3.05, 3.63) is 188 Å². The van der Waals surface area contributed by atoms with Crippen LogP contribution >= 0.6 is 0 Å². The Kier molecular flexibility index (Phi) is 6.55. The number of anilines is 3. The highest BCUT2D eigenvalue weighted by atomic mass is 16.3. The molecule has 53 heavy (non-hydrogen) atoms. The van der Waals surface area contributed by atoms with Gasteiger partial charge in [0.25, 0.3) is 0 Å². The number of rotatable bonds is 5. The van der Waals surface area contributed by atoms with Gasteiger partial charge < -0.3 is 13.7 Å². The predicted molar refractivity (Wildman–Crippen MR) is 222 cm³/mol. The molecule has 0 amide bonds. The normalized spacial score (nSPS) is 11.8. The second kappa shape index (κ2) is 11.7. The van der Waals surface area contributed by atoms with Crippen molar-refractivity contribution in [3.63, 3.8) is 0 Å². The van der Waals surface area contributed by atoms with Gasteiger partial charge in [-0.05, 0) is 93.5 Å². The molecule has 0 fully saturated rings. The lowest BCUT2D eigenvalue weighted by Crippen LogP contribution is -2.11. The quantitative estimate of drug-likeness (QED) is 0.182. The molecule has 0 aliphatic heterocycles. The molecule has 0 aliphatic carbocycles. The zero-order valence-corrected chi connectivity index (χ0v) is 28.7. The maximum atomic E-state index is 6.50. The van der Waals surface area contributed by atoms with E-state index in [4.69, 9.17) is 8.83 Å². The Balaban J connectivity index is 1.11. The van der Waals surface area contributed by atoms with Crippen molar-refractivity contribution in [3.8, 4) is 22.3 Å². The average Bonchev–Trinajstić information content (AvgIpc) is 3.79. The highest BCUT2D eigenvalue weighted by Gasteiger charge is 2.20. The molecule has 2 aromatic heterocycles. The Labute approximate surface area is 305 Å². The van der Waals surface area contributed by atoms with Gasteiger partial charge in [0.15, 0.2) is 0 Å². The van der Waals surface area contributed by atoms with Crippen LogP contribution in [-0.2, 0) is 0 Å². The third-order valence-electron chi connectivity index (χ3n) is 10.6. The fourth-order valence-corrected chi connectivity index (χ4v) is 8.06. The molecule has 2 heterocycles. The Morgan fingerprint density at radius 2 is 1.00 bits per heavy atom. The second-order valence-electron chi connectivity index (χ2n) is 13.7. The summed E-state index contributed by atoms with van der Waals surface area (Å²) in [4.78, 5) is 2.36. The average molecular weight is 678 g/mol. The van der Waals surface area contributed by atoms with E-state index < -0.39 is 0 Å². The Morgan fingerprint density at radius 1 is 0.321 bits per heavy atom. The van der Waals surface area contributed by atoms with Gasteiger partial charge in [-0.3, -0.25) is 0 Å². The minimum absolute atomic E-state index is 0.857. The number of furan rings is 2. The maximum Gasteiger partial charge on any atom is 0.143 e. The highest BCUT2D eigenvalue weighted by molar-refractivity contribution is 6.16. The zero-order valence-electron chi connectivity index (χ0n) is 28.7. The van der Waals surface area contributed by atoms with Crippen LogP contribution in [0.1, 0.15) is 0 Å². The van der Waals surface area contributed by atoms with E-state index in [0.717, 1.165) is 83.0 Å². The number of benzene rings is 9. The van der Waals surface area contributed by atoms with E-state index >= 15 is 0 Å². The summed E-state index contributed by atoms with van der Waals surface area (Å²) in [6, 6.07) is 66.9. The molecule has 0 saturated heterocycles. The van der Waals surface area contributed by atoms with Crippen molar-refractivity contribution in [2.45, 2.75) is 0 Å². The molecule has 0 atom stereocenters. The van der Waals surface area contributed by atoms with Crippen LogP contribution in [0, 0.1) is 0 Å². The van der Waals surface area contributed by atoms with Crippen LogP contribution in [0.5, 0.6) is 0 Å². The number of hydrogen-bond acceptors (Lipinski definition) is 3. The minimum Gasteiger partial charge on any atom is -0.456 e. The van der Waals surface area contributed by atoms with E-state index in [1.807, 2.05) is 12.1 Å². The number of fused-ring (bicyclic) bond motifs is 9. The van der Waals surface area contributed by atoms with Crippen molar-refractivity contribution >= 4 is 82.5 Å². The van der Waals surface area contributed by atoms with Crippen molar-refractivity contribution in [1.29, 1.82) is 0 Å². The third kappa shape index (κ3) is 4.82. The molecule has 11 rings (SSSR count). The van der Waals surface area contributed by atoms with Crippen LogP contribution < -0.4 is 4.90 Å². The lowest BCUT2D eigenvalue weighted by atomic mass is 9.98. The van der Waals surface area contributed by atoms with Crippen LogP contribution in [0.4, 0.5) is 17.1 Å². The molecule has 0 radical (unpaired) electrons. The maximum absolute atomic E-state index is 6.50. The summed E-state index contributed by atoms with van der Waals surface area (Å²) in [5.41, 5.74) is 11.2. The molecule has 0 spiro atoms. The van der Waals surface area contributed by atoms with Crippen molar-refractivity contribution < 1.29 is 8.83 Å². The number of hydrogen-bond donors (Lipinski definition) is 0. The van der Waals surface area contributed by atoms with Crippen LogP contribution in [0.15, 0.2) is 197 Å². The van der Waals surface area contributed by atoms with Gasteiger partial charge in [0.05, 0.1) is 5.69 Å². The Morgan fingerprint density at radius 3 is 1.94 bits per heavy atom. The summed E-state index contributed by atoms with van der Waals surface area (Å²) in [6.07, 6.45) is 0. The molecule has 0 unspecified atom stereocenters. The van der Waals surface area contributed by atoms with Crippen molar-refractivity contribution in [1.82, 2.24) is 0 Å². The summed E-state index contributed by atoms with van der Waals surface area (Å²) in [5, 5.41) is 9.20. The molecule has 0 aliphatic rings. The Bertz CT molecular complexity index is 3200. The van der Waals surface area contributed by atoms with Gasteiger partial charge in [0, 0.05) is 49.9 Å². The van der Waals surface area contributed by atoms with Crippen molar-refractivity contribution in [2.24, 2.45) is 0 Å². The molecule has 0 bridgehead atoms. The largest absolute Gasteiger partial charge is 0.456 e. The molecular weight excluding hydrogens is 647 g/mol. The lowest BCUT2D eigenvalue weighted by molar-refractivity contribution is 0.669. The minimum atomic E-state index is 0.857. The van der Waals surface area contributed by atoms with E-state index in [0.29, 0.717) is 0 Å². The predicted octanol–water partition coefficient (Wildman–Crippen LogP) is 14.6. The standard InChI is InChI=1S/C50H31NO2/c1-2-12-34-28-36(21-20-32(34)10-1)35-13-9-14-38(29-35)51(39-24-26-43-42-17-6-8-19-47(42)52-49(43)31-39)46-18-7-5-15-40(46)37-23-27-48-45(30-37)44-25-22-33-11-3-4-16-41(33)50(44)53-48/h1-31H. The van der Waals surface area contributed by atoms with Gasteiger partial charge in [-0.15, -0.1) is 0 Å². The van der Waals surface area contributed by atoms with Gasteiger partial charge in [-0.25, -0.2) is 0 Å². The molecule has 0 N–H and O–H groups in total. The summed E-state index contributed by atoms with van der Waals surface area (Å²) in [5.74, 6) is 0. The fraction of sp³-hybridized carbons (Fsp3) is 0. The lowest BCUT2D eigenvalue weighted by Gasteiger charge is -2.28. The van der Waals surface area contributed by atoms with Gasteiger partial charge in [-0.2, -0.15) is 0 Å². The topological polar surface area (TPSA) is 29.5 Å². The highest BCUT2D eigenvalue weighted by Crippen LogP contribution is 2.45. The first-order valence-electron chi connectivity index (χ1n) is 18.0. The Hall–Kier alpha value is -7.10. The van der Waals surface area contributed by atoms with Gasteiger partial charge in [0.2, 0.25) is 0 Å². The fourth-order valence-electron chi connectivity index (χ4n) is 8.06. The number of nitrogens with zero attached hydrogens (tertiary/aromatic N) is 1. The van der Waals surface area contributed by atoms with E-state index in [1.54, 1.807) is 0 Å². The summed E-state index contributed by atoms with van der Waals surface area (Å²) in [7, 11) is 0. The van der Waals surface area contributed by atoms with E-state index in [1.165, 1.54) is 21.7 Å². The van der Waals surface area contributed by atoms with Crippen molar-refractivity contribution in [2.75, 3.05) is 4.90 Å². The second-order valence-corrected chi connectivity index (χ2v) is 13.7. The molecule has 11 aromatic rings. The summed E-state index contributed by atoms with van der Waals surface area (Å²) >= 11 is 0. The molecule has 248 valence electrons. The van der Waals surface area contributed by atoms with Crippen LogP contribution in [-0.4, -0.2) is 0 Å². The van der Waals surface area contributed by atoms with Crippen LogP contribution in [0.3, 0.4) is 0 Å². The number of para-hydroxylation sites is 2. The SMILES string of the molecule is c1cc(-c2ccc3ccccc3c2)cc(N(c2ccc3c(c2)oc2ccccc23)c2ccccc2-c2ccc3oc4c5ccccc5ccc4c3c2)c1. The summed E-state index contributed by atoms with van der Waals surface area (Å²) in [6.45, 7) is 0. The third-order valence-corrected chi connectivity index (χ3v) is 10.6. The molecule has 3 heteroatoms. The van der Waals surface area contributed by atoms with Crippen LogP contribution in [0.25, 0.3) is 87.7 Å². The molecular formula is C50H31NO2. The monoisotopic (exact) mass is 677 g/mol. The molecule has 9 aromatic carbocycles. The van der Waals surface area contributed by atoms with Crippen LogP contribution in [0.2, 0.25) is 0 Å².